The molecule has 0 aromatic carbocycles. The van der Waals surface area contributed by atoms with Crippen LogP contribution in [0.1, 0.15) is 20.3 Å². The molecule has 1 nitrogen and oxygen atoms in total. The van der Waals surface area contributed by atoms with Gasteiger partial charge in [0.15, 0.2) is 0 Å². The third-order valence-electron chi connectivity index (χ3n) is 2.53. The maximum absolute atomic E-state index is 12.4. The Kier molecular flexibility index (Phi) is 3.22. The quantitative estimate of drug-likeness (QED) is 0.713. The Hall–Kier alpha value is -0.250. The summed E-state index contributed by atoms with van der Waals surface area (Å²) in [5.74, 6) is -1.01. The van der Waals surface area contributed by atoms with E-state index in [-0.39, 0.29) is 12.5 Å². The molecule has 1 aliphatic heterocycles. The Morgan fingerprint density at radius 1 is 1.31 bits per heavy atom. The minimum Gasteiger partial charge on any atom is -0.316 e. The van der Waals surface area contributed by atoms with Crippen molar-refractivity contribution in [2.75, 3.05) is 13.1 Å². The molecule has 1 heterocycles. The van der Waals surface area contributed by atoms with Gasteiger partial charge in [-0.05, 0) is 24.8 Å². The molecule has 1 fully saturated rings. The van der Waals surface area contributed by atoms with Gasteiger partial charge in [0, 0.05) is 6.54 Å². The smallest absolute Gasteiger partial charge is 0.316 e. The standard InChI is InChI=1S/C9H16F3N/c1-6(2)3-7-4-13-5-8(7)9(10,11)12/h6-8,13H,3-5H2,1-2H3. The van der Waals surface area contributed by atoms with Crippen LogP contribution in [0.15, 0.2) is 0 Å². The van der Waals surface area contributed by atoms with Gasteiger partial charge in [0.05, 0.1) is 5.92 Å². The van der Waals surface area contributed by atoms with E-state index in [1.54, 1.807) is 0 Å². The molecule has 78 valence electrons. The predicted molar refractivity (Wildman–Crippen MR) is 45.4 cm³/mol. The number of alkyl halides is 3. The van der Waals surface area contributed by atoms with E-state index in [0.717, 1.165) is 0 Å². The first kappa shape index (κ1) is 10.8. The minimum absolute atomic E-state index is 0.0981. The highest BCUT2D eigenvalue weighted by Crippen LogP contribution is 2.36. The number of hydrogen-bond acceptors (Lipinski definition) is 1. The molecule has 1 aliphatic rings. The molecule has 0 bridgehead atoms. The molecule has 0 spiro atoms. The maximum atomic E-state index is 12.4. The highest BCUT2D eigenvalue weighted by Gasteiger charge is 2.46. The van der Waals surface area contributed by atoms with Gasteiger partial charge in [0.1, 0.15) is 0 Å². The van der Waals surface area contributed by atoms with Gasteiger partial charge in [-0.25, -0.2) is 0 Å². The normalized spacial score (nSPS) is 30.0. The van der Waals surface area contributed by atoms with Crippen molar-refractivity contribution in [3.63, 3.8) is 0 Å². The molecule has 0 aromatic heterocycles. The molecule has 0 aliphatic carbocycles. The molecule has 2 atom stereocenters. The topological polar surface area (TPSA) is 12.0 Å². The van der Waals surface area contributed by atoms with Crippen molar-refractivity contribution >= 4 is 0 Å². The van der Waals surface area contributed by atoms with Gasteiger partial charge in [-0.2, -0.15) is 13.2 Å². The summed E-state index contributed by atoms with van der Waals surface area (Å²) in [7, 11) is 0. The van der Waals surface area contributed by atoms with Crippen LogP contribution in [-0.4, -0.2) is 19.3 Å². The van der Waals surface area contributed by atoms with Crippen LogP contribution in [0.4, 0.5) is 13.2 Å². The second-order valence-corrected chi connectivity index (χ2v) is 4.20. The number of hydrogen-bond donors (Lipinski definition) is 1. The zero-order chi connectivity index (χ0) is 10.1. The van der Waals surface area contributed by atoms with E-state index >= 15 is 0 Å². The van der Waals surface area contributed by atoms with Crippen molar-refractivity contribution in [1.82, 2.24) is 5.32 Å². The summed E-state index contributed by atoms with van der Waals surface area (Å²) >= 11 is 0. The summed E-state index contributed by atoms with van der Waals surface area (Å²) in [4.78, 5) is 0. The monoisotopic (exact) mass is 195 g/mol. The summed E-state index contributed by atoms with van der Waals surface area (Å²) in [5, 5.41) is 2.81. The van der Waals surface area contributed by atoms with Crippen molar-refractivity contribution in [2.45, 2.75) is 26.4 Å². The van der Waals surface area contributed by atoms with Crippen LogP contribution in [0.2, 0.25) is 0 Å². The van der Waals surface area contributed by atoms with Crippen LogP contribution in [0.25, 0.3) is 0 Å². The Morgan fingerprint density at radius 2 is 1.92 bits per heavy atom. The van der Waals surface area contributed by atoms with Crippen LogP contribution in [0, 0.1) is 17.8 Å². The minimum atomic E-state index is -4.02. The van der Waals surface area contributed by atoms with Crippen LogP contribution in [-0.2, 0) is 0 Å². The summed E-state index contributed by atoms with van der Waals surface area (Å²) < 4.78 is 37.3. The average molecular weight is 195 g/mol. The third kappa shape index (κ3) is 2.86. The summed E-state index contributed by atoms with van der Waals surface area (Å²) in [6.45, 7) is 4.54. The lowest BCUT2D eigenvalue weighted by Crippen LogP contribution is -2.30. The zero-order valence-corrected chi connectivity index (χ0v) is 7.99. The molecule has 0 saturated carbocycles. The van der Waals surface area contributed by atoms with Gasteiger partial charge in [-0.15, -0.1) is 0 Å². The Balaban J connectivity index is 2.54. The molecule has 4 heteroatoms. The lowest BCUT2D eigenvalue weighted by atomic mass is 9.88. The second kappa shape index (κ2) is 3.86. The summed E-state index contributed by atoms with van der Waals surface area (Å²) in [6.07, 6.45) is -3.36. The van der Waals surface area contributed by atoms with Gasteiger partial charge < -0.3 is 5.32 Å². The molecule has 0 radical (unpaired) electrons. The van der Waals surface area contributed by atoms with E-state index in [4.69, 9.17) is 0 Å². The second-order valence-electron chi connectivity index (χ2n) is 4.20. The van der Waals surface area contributed by atoms with Gasteiger partial charge in [-0.3, -0.25) is 0 Å². The first-order valence-electron chi connectivity index (χ1n) is 4.68. The predicted octanol–water partition coefficient (Wildman–Crippen LogP) is 2.43. The third-order valence-corrected chi connectivity index (χ3v) is 2.53. The Bertz CT molecular complexity index is 165. The number of rotatable bonds is 2. The lowest BCUT2D eigenvalue weighted by molar-refractivity contribution is -0.180. The molecule has 1 rings (SSSR count). The van der Waals surface area contributed by atoms with Gasteiger partial charge in [0.25, 0.3) is 0 Å². The van der Waals surface area contributed by atoms with E-state index in [2.05, 4.69) is 5.32 Å². The average Bonchev–Trinajstić information content (AvgIpc) is 2.31. The zero-order valence-electron chi connectivity index (χ0n) is 7.99. The highest BCUT2D eigenvalue weighted by atomic mass is 19.4. The summed E-state index contributed by atoms with van der Waals surface area (Å²) in [5.41, 5.74) is 0. The SMILES string of the molecule is CC(C)CC1CNCC1C(F)(F)F. The van der Waals surface area contributed by atoms with Gasteiger partial charge >= 0.3 is 6.18 Å². The maximum Gasteiger partial charge on any atom is 0.393 e. The molecular weight excluding hydrogens is 179 g/mol. The molecule has 2 unspecified atom stereocenters. The first-order valence-corrected chi connectivity index (χ1v) is 4.68. The van der Waals surface area contributed by atoms with E-state index < -0.39 is 12.1 Å². The largest absolute Gasteiger partial charge is 0.393 e. The Labute approximate surface area is 76.7 Å². The van der Waals surface area contributed by atoms with Crippen molar-refractivity contribution in [1.29, 1.82) is 0 Å². The molecule has 1 saturated heterocycles. The van der Waals surface area contributed by atoms with E-state index in [1.807, 2.05) is 13.8 Å². The van der Waals surface area contributed by atoms with Crippen molar-refractivity contribution in [3.05, 3.63) is 0 Å². The molecule has 1 N–H and O–H groups in total. The molecule has 0 aromatic rings. The molecule has 13 heavy (non-hydrogen) atoms. The lowest BCUT2D eigenvalue weighted by Gasteiger charge is -2.22. The van der Waals surface area contributed by atoms with Crippen molar-refractivity contribution in [3.8, 4) is 0 Å². The summed E-state index contributed by atoms with van der Waals surface area (Å²) in [6, 6.07) is 0. The molecular formula is C9H16F3N. The fraction of sp³-hybridized carbons (Fsp3) is 1.00. The molecule has 0 amide bonds. The number of nitrogens with one attached hydrogen (secondary N) is 1. The van der Waals surface area contributed by atoms with Crippen LogP contribution >= 0.6 is 0 Å². The van der Waals surface area contributed by atoms with Crippen LogP contribution in [0.5, 0.6) is 0 Å². The van der Waals surface area contributed by atoms with Crippen molar-refractivity contribution < 1.29 is 13.2 Å². The fourth-order valence-electron chi connectivity index (χ4n) is 1.97. The van der Waals surface area contributed by atoms with E-state index in [0.29, 0.717) is 18.9 Å². The van der Waals surface area contributed by atoms with Crippen LogP contribution < -0.4 is 5.32 Å². The van der Waals surface area contributed by atoms with E-state index in [1.165, 1.54) is 0 Å². The van der Waals surface area contributed by atoms with Gasteiger partial charge in [0.2, 0.25) is 0 Å². The van der Waals surface area contributed by atoms with Crippen molar-refractivity contribution in [2.24, 2.45) is 17.8 Å². The van der Waals surface area contributed by atoms with Gasteiger partial charge in [-0.1, -0.05) is 13.8 Å². The fourth-order valence-corrected chi connectivity index (χ4v) is 1.97. The highest BCUT2D eigenvalue weighted by molar-refractivity contribution is 4.86. The van der Waals surface area contributed by atoms with Crippen LogP contribution in [0.3, 0.4) is 0 Å². The van der Waals surface area contributed by atoms with E-state index in [9.17, 15) is 13.2 Å². The number of halogens is 3. The Morgan fingerprint density at radius 3 is 2.38 bits per heavy atom. The first-order chi connectivity index (χ1) is 5.91.